The summed E-state index contributed by atoms with van der Waals surface area (Å²) >= 11 is 0. The van der Waals surface area contributed by atoms with Crippen LogP contribution in [0.15, 0.2) is 46.0 Å². The number of aromatic nitrogens is 3. The van der Waals surface area contributed by atoms with E-state index in [1.165, 1.54) is 10.9 Å². The molecule has 1 unspecified atom stereocenters. The summed E-state index contributed by atoms with van der Waals surface area (Å²) in [6, 6.07) is 9.16. The molecule has 1 atom stereocenters. The van der Waals surface area contributed by atoms with Crippen molar-refractivity contribution in [3.05, 3.63) is 58.6 Å². The summed E-state index contributed by atoms with van der Waals surface area (Å²) in [7, 11) is 1.64. The third-order valence-electron chi connectivity index (χ3n) is 3.18. The van der Waals surface area contributed by atoms with Crippen molar-refractivity contribution >= 4 is 11.1 Å². The molecule has 3 aromatic rings. The molecule has 0 saturated carbocycles. The highest BCUT2D eigenvalue weighted by Gasteiger charge is 2.16. The highest BCUT2D eigenvalue weighted by Crippen LogP contribution is 2.25. The van der Waals surface area contributed by atoms with Gasteiger partial charge in [-0.2, -0.15) is 5.26 Å². The Labute approximate surface area is 113 Å². The topological polar surface area (TPSA) is 84.7 Å². The van der Waals surface area contributed by atoms with Crippen LogP contribution in [-0.2, 0) is 7.05 Å². The van der Waals surface area contributed by atoms with E-state index >= 15 is 0 Å². The summed E-state index contributed by atoms with van der Waals surface area (Å²) in [5, 5.41) is 9.36. The van der Waals surface area contributed by atoms with Gasteiger partial charge in [-0.15, -0.1) is 0 Å². The van der Waals surface area contributed by atoms with Crippen LogP contribution >= 0.6 is 0 Å². The molecule has 0 aliphatic carbocycles. The summed E-state index contributed by atoms with van der Waals surface area (Å²) in [5.41, 5.74) is 2.50. The molecule has 0 spiro atoms. The van der Waals surface area contributed by atoms with Gasteiger partial charge in [0.25, 0.3) is 0 Å². The molecule has 0 amide bonds. The minimum absolute atomic E-state index is 0.423. The van der Waals surface area contributed by atoms with E-state index in [4.69, 9.17) is 4.42 Å². The number of hydrogen-bond donors (Lipinski definition) is 0. The molecule has 20 heavy (non-hydrogen) atoms. The lowest BCUT2D eigenvalue weighted by Crippen LogP contribution is -2.08. The third kappa shape index (κ3) is 1.86. The van der Waals surface area contributed by atoms with Gasteiger partial charge in [-0.3, -0.25) is 4.57 Å². The van der Waals surface area contributed by atoms with E-state index in [-0.39, 0.29) is 0 Å². The number of rotatable bonds is 2. The van der Waals surface area contributed by atoms with Crippen molar-refractivity contribution in [3.8, 4) is 6.07 Å². The molecule has 6 nitrogen and oxygen atoms in total. The van der Waals surface area contributed by atoms with Crippen LogP contribution in [0.4, 0.5) is 0 Å². The lowest BCUT2D eigenvalue weighted by molar-refractivity contribution is 0.528. The maximum atomic E-state index is 11.5. The van der Waals surface area contributed by atoms with E-state index in [1.807, 2.05) is 0 Å². The summed E-state index contributed by atoms with van der Waals surface area (Å²) < 4.78 is 6.56. The minimum Gasteiger partial charge on any atom is -0.408 e. The first-order chi connectivity index (χ1) is 9.70. The van der Waals surface area contributed by atoms with Crippen LogP contribution in [0.25, 0.3) is 11.1 Å². The molecule has 1 aromatic carbocycles. The minimum atomic E-state index is -0.520. The van der Waals surface area contributed by atoms with E-state index in [9.17, 15) is 10.1 Å². The highest BCUT2D eigenvalue weighted by atomic mass is 16.4. The Hall–Kier alpha value is -2.94. The van der Waals surface area contributed by atoms with Gasteiger partial charge >= 0.3 is 5.76 Å². The van der Waals surface area contributed by atoms with Crippen LogP contribution in [0.3, 0.4) is 0 Å². The fourth-order valence-electron chi connectivity index (χ4n) is 2.11. The standard InChI is InChI=1S/C14H10N4O2/c1-18-12-3-2-9(6-13(12)20-14(18)19)10(7-15)11-4-5-16-8-17-11/h2-6,8,10H,1H3. The fraction of sp³-hybridized carbons (Fsp3) is 0.143. The van der Waals surface area contributed by atoms with E-state index in [0.717, 1.165) is 5.56 Å². The highest BCUT2D eigenvalue weighted by molar-refractivity contribution is 5.74. The van der Waals surface area contributed by atoms with Crippen molar-refractivity contribution in [2.75, 3.05) is 0 Å². The number of oxazole rings is 1. The van der Waals surface area contributed by atoms with Crippen LogP contribution in [-0.4, -0.2) is 14.5 Å². The zero-order valence-corrected chi connectivity index (χ0v) is 10.6. The maximum absolute atomic E-state index is 11.5. The molecule has 3 rings (SSSR count). The molecular weight excluding hydrogens is 256 g/mol. The second kappa shape index (κ2) is 4.63. The zero-order valence-electron chi connectivity index (χ0n) is 10.6. The maximum Gasteiger partial charge on any atom is 0.419 e. The first-order valence-electron chi connectivity index (χ1n) is 5.95. The summed E-state index contributed by atoms with van der Waals surface area (Å²) in [4.78, 5) is 19.4. The smallest absolute Gasteiger partial charge is 0.408 e. The average Bonchev–Trinajstić information content (AvgIpc) is 2.76. The van der Waals surface area contributed by atoms with Gasteiger partial charge in [0.1, 0.15) is 12.2 Å². The van der Waals surface area contributed by atoms with Crippen molar-refractivity contribution in [1.29, 1.82) is 5.26 Å². The third-order valence-corrected chi connectivity index (χ3v) is 3.18. The van der Waals surface area contributed by atoms with Crippen molar-refractivity contribution in [2.24, 2.45) is 7.05 Å². The molecule has 98 valence electrons. The number of nitriles is 1. The monoisotopic (exact) mass is 266 g/mol. The molecule has 0 aliphatic rings. The molecule has 2 aromatic heterocycles. The van der Waals surface area contributed by atoms with Crippen LogP contribution < -0.4 is 5.76 Å². The van der Waals surface area contributed by atoms with Crippen LogP contribution in [0.2, 0.25) is 0 Å². The van der Waals surface area contributed by atoms with E-state index in [2.05, 4.69) is 16.0 Å². The predicted molar refractivity (Wildman–Crippen MR) is 70.9 cm³/mol. The summed E-state index contributed by atoms with van der Waals surface area (Å²) in [6.45, 7) is 0. The Kier molecular flexibility index (Phi) is 2.80. The lowest BCUT2D eigenvalue weighted by Gasteiger charge is -2.08. The Morgan fingerprint density at radius 2 is 2.25 bits per heavy atom. The molecule has 0 aliphatic heterocycles. The fourth-order valence-corrected chi connectivity index (χ4v) is 2.11. The van der Waals surface area contributed by atoms with Gasteiger partial charge in [0, 0.05) is 13.2 Å². The second-order valence-electron chi connectivity index (χ2n) is 4.35. The first-order valence-corrected chi connectivity index (χ1v) is 5.95. The van der Waals surface area contributed by atoms with E-state index in [0.29, 0.717) is 16.8 Å². The first kappa shape index (κ1) is 12.1. The number of hydrogen-bond acceptors (Lipinski definition) is 5. The van der Waals surface area contributed by atoms with Crippen LogP contribution in [0.5, 0.6) is 0 Å². The molecule has 0 saturated heterocycles. The number of fused-ring (bicyclic) bond motifs is 1. The van der Waals surface area contributed by atoms with Gasteiger partial charge in [0.15, 0.2) is 5.58 Å². The molecule has 2 heterocycles. The van der Waals surface area contributed by atoms with Crippen molar-refractivity contribution in [1.82, 2.24) is 14.5 Å². The van der Waals surface area contributed by atoms with Crippen molar-refractivity contribution in [3.63, 3.8) is 0 Å². The van der Waals surface area contributed by atoms with Crippen LogP contribution in [0, 0.1) is 11.3 Å². The zero-order chi connectivity index (χ0) is 14.1. The lowest BCUT2D eigenvalue weighted by atomic mass is 9.97. The van der Waals surface area contributed by atoms with Gasteiger partial charge in [-0.05, 0) is 23.8 Å². The molecule has 0 fully saturated rings. The largest absolute Gasteiger partial charge is 0.419 e. The van der Waals surface area contributed by atoms with E-state index < -0.39 is 11.7 Å². The SMILES string of the molecule is Cn1c(=O)oc2cc(C(C#N)c3ccncn3)ccc21. The summed E-state index contributed by atoms with van der Waals surface area (Å²) in [6.07, 6.45) is 2.99. The van der Waals surface area contributed by atoms with E-state index in [1.54, 1.807) is 37.5 Å². The van der Waals surface area contributed by atoms with Crippen LogP contribution in [0.1, 0.15) is 17.2 Å². The van der Waals surface area contributed by atoms with Gasteiger partial charge < -0.3 is 4.42 Å². The molecular formula is C14H10N4O2. The van der Waals surface area contributed by atoms with Crippen molar-refractivity contribution < 1.29 is 4.42 Å². The Balaban J connectivity index is 2.14. The predicted octanol–water partition coefficient (Wildman–Crippen LogP) is 1.58. The second-order valence-corrected chi connectivity index (χ2v) is 4.35. The van der Waals surface area contributed by atoms with Crippen molar-refractivity contribution in [2.45, 2.75) is 5.92 Å². The Morgan fingerprint density at radius 3 is 2.95 bits per heavy atom. The average molecular weight is 266 g/mol. The number of benzene rings is 1. The quantitative estimate of drug-likeness (QED) is 0.703. The number of aryl methyl sites for hydroxylation is 1. The molecule has 0 radical (unpaired) electrons. The normalized spacial score (nSPS) is 12.2. The number of nitrogens with zero attached hydrogens (tertiary/aromatic N) is 4. The summed E-state index contributed by atoms with van der Waals surface area (Å²) in [5.74, 6) is -0.944. The molecule has 6 heteroatoms. The van der Waals surface area contributed by atoms with Gasteiger partial charge in [0.05, 0.1) is 17.3 Å². The van der Waals surface area contributed by atoms with Gasteiger partial charge in [0.2, 0.25) is 0 Å². The Morgan fingerprint density at radius 1 is 1.40 bits per heavy atom. The van der Waals surface area contributed by atoms with Gasteiger partial charge in [-0.1, -0.05) is 6.07 Å². The molecule has 0 bridgehead atoms. The van der Waals surface area contributed by atoms with Gasteiger partial charge in [-0.25, -0.2) is 14.8 Å². The molecule has 0 N–H and O–H groups in total. The Bertz CT molecular complexity index is 858.